The molecule has 1 heterocycles. The molecule has 4 rings (SSSR count). The molecule has 0 atom stereocenters. The topological polar surface area (TPSA) is 165 Å². The summed E-state index contributed by atoms with van der Waals surface area (Å²) in [4.78, 5) is 37.3. The Hall–Kier alpha value is -3.05. The summed E-state index contributed by atoms with van der Waals surface area (Å²) < 4.78 is 33.3. The molecule has 0 fully saturated rings. The van der Waals surface area contributed by atoms with Crippen LogP contribution in [0.4, 0.5) is 11.4 Å². The number of nitrogens with zero attached hydrogens (tertiary/aromatic N) is 3. The van der Waals surface area contributed by atoms with Gasteiger partial charge >= 0.3 is 0 Å². The Labute approximate surface area is 196 Å². The first-order valence-electron chi connectivity index (χ1n) is 8.96. The van der Waals surface area contributed by atoms with Crippen LogP contribution in [0.15, 0.2) is 35.2 Å². The summed E-state index contributed by atoms with van der Waals surface area (Å²) in [6.07, 6.45) is 2.63. The molecule has 2 aromatic carbocycles. The molecule has 32 heavy (non-hydrogen) atoms. The zero-order valence-electron chi connectivity index (χ0n) is 16.5. The second kappa shape index (κ2) is 8.83. The molecular weight excluding hydrogens is 472 g/mol. The standard InChI is InChI=1S/C19H14BN5O5S.V/c1-9-22-8-23-14(24-9)7-20-25-12-6-13(31(28,29)30)17(21)16-15(12)18(26)10-4-2-3-5-11(10)19(16)27;/h2-6,25H,7,21H2,1H3,(H,28,29,30);/q-1;. The Morgan fingerprint density at radius 3 is 2.34 bits per heavy atom. The molecule has 0 spiro atoms. The second-order valence-corrected chi connectivity index (χ2v) is 8.11. The zero-order chi connectivity index (χ0) is 22.3. The van der Waals surface area contributed by atoms with E-state index in [0.29, 0.717) is 11.6 Å². The van der Waals surface area contributed by atoms with Gasteiger partial charge in [-0.05, 0) is 12.4 Å². The van der Waals surface area contributed by atoms with E-state index in [0.717, 1.165) is 6.07 Å². The van der Waals surface area contributed by atoms with Crippen LogP contribution in [0.3, 0.4) is 0 Å². The predicted molar refractivity (Wildman–Crippen MR) is 110 cm³/mol. The summed E-state index contributed by atoms with van der Waals surface area (Å²) in [6.45, 7) is 1.67. The van der Waals surface area contributed by atoms with Crippen LogP contribution in [0.1, 0.15) is 43.5 Å². The van der Waals surface area contributed by atoms with Crippen LogP contribution in [0.25, 0.3) is 0 Å². The molecule has 1 aliphatic rings. The third-order valence-corrected chi connectivity index (χ3v) is 5.60. The molecule has 0 aliphatic heterocycles. The van der Waals surface area contributed by atoms with Gasteiger partial charge in [0.05, 0.1) is 16.8 Å². The summed E-state index contributed by atoms with van der Waals surface area (Å²) in [6, 6.07) is 7.17. The fourth-order valence-electron chi connectivity index (χ4n) is 3.36. The number of anilines is 2. The van der Waals surface area contributed by atoms with Crippen molar-refractivity contribution in [1.29, 1.82) is 0 Å². The first-order valence-corrected chi connectivity index (χ1v) is 10.4. The molecule has 0 amide bonds. The molecule has 13 heteroatoms. The van der Waals surface area contributed by atoms with Crippen molar-refractivity contribution in [3.63, 3.8) is 0 Å². The van der Waals surface area contributed by atoms with E-state index in [1.807, 2.05) is 0 Å². The normalized spacial score (nSPS) is 12.4. The van der Waals surface area contributed by atoms with E-state index in [9.17, 15) is 22.6 Å². The van der Waals surface area contributed by atoms with Gasteiger partial charge in [-0.25, -0.2) is 0 Å². The van der Waals surface area contributed by atoms with E-state index >= 15 is 0 Å². The maximum absolute atomic E-state index is 13.2. The number of carbonyl (C=O) groups excluding carboxylic acids is 2. The number of nitrogens with two attached hydrogens (primary N) is 1. The van der Waals surface area contributed by atoms with E-state index in [2.05, 4.69) is 26.5 Å². The van der Waals surface area contributed by atoms with Gasteiger partial charge in [0.2, 0.25) is 7.41 Å². The van der Waals surface area contributed by atoms with Gasteiger partial charge in [-0.3, -0.25) is 14.1 Å². The minimum Gasteiger partial charge on any atom is -0.432 e. The van der Waals surface area contributed by atoms with Crippen molar-refractivity contribution >= 4 is 40.5 Å². The minimum atomic E-state index is -4.77. The second-order valence-electron chi connectivity index (χ2n) is 6.72. The molecule has 0 saturated heterocycles. The number of hydrogen-bond acceptors (Lipinski definition) is 9. The van der Waals surface area contributed by atoms with Gasteiger partial charge in [0.25, 0.3) is 10.1 Å². The largest absolute Gasteiger partial charge is 0.432 e. The number of nitrogen functional groups attached to an aromatic ring is 1. The third kappa shape index (κ3) is 4.17. The number of rotatable bonds is 5. The summed E-state index contributed by atoms with van der Waals surface area (Å²) >= 11 is 0. The number of carbonyl (C=O) groups is 2. The molecule has 0 bridgehead atoms. The van der Waals surface area contributed by atoms with Crippen LogP contribution in [0.5, 0.6) is 0 Å². The molecule has 2 radical (unpaired) electrons. The Morgan fingerprint density at radius 2 is 1.75 bits per heavy atom. The molecule has 10 nitrogen and oxygen atoms in total. The number of aryl methyl sites for hydroxylation is 1. The fraction of sp³-hybridized carbons (Fsp3) is 0.105. The van der Waals surface area contributed by atoms with Crippen molar-refractivity contribution in [2.45, 2.75) is 18.1 Å². The first kappa shape index (κ1) is 23.6. The predicted octanol–water partition coefficient (Wildman–Crippen LogP) is 0.813. The Balaban J connectivity index is 0.00000289. The van der Waals surface area contributed by atoms with Crippen LogP contribution in [-0.2, 0) is 35.0 Å². The quantitative estimate of drug-likeness (QED) is 0.159. The number of ketones is 2. The van der Waals surface area contributed by atoms with Crippen LogP contribution in [0.2, 0.25) is 0 Å². The van der Waals surface area contributed by atoms with Gasteiger partial charge in [-0.2, -0.15) is 8.42 Å². The summed E-state index contributed by atoms with van der Waals surface area (Å²) in [5, 5.41) is 2.82. The summed E-state index contributed by atoms with van der Waals surface area (Å²) in [5.41, 5.74) is 5.35. The maximum Gasteiger partial charge on any atom is 0.296 e. The molecule has 160 valence electrons. The molecule has 3 aromatic rings. The van der Waals surface area contributed by atoms with Crippen LogP contribution >= 0.6 is 0 Å². The maximum atomic E-state index is 13.2. The molecule has 4 N–H and O–H groups in total. The number of hydrogen-bond donors (Lipinski definition) is 3. The van der Waals surface area contributed by atoms with Crippen molar-refractivity contribution in [1.82, 2.24) is 15.0 Å². The summed E-state index contributed by atoms with van der Waals surface area (Å²) in [5.74, 6) is -0.265. The van der Waals surface area contributed by atoms with Crippen molar-refractivity contribution < 1.29 is 41.1 Å². The Morgan fingerprint density at radius 1 is 1.12 bits per heavy atom. The molecule has 1 aliphatic carbocycles. The molecular formula is C19H14BN5O5SV-. The van der Waals surface area contributed by atoms with Crippen molar-refractivity contribution in [2.75, 3.05) is 11.0 Å². The number of benzene rings is 2. The Bertz CT molecular complexity index is 1370. The van der Waals surface area contributed by atoms with Crippen molar-refractivity contribution in [3.8, 4) is 0 Å². The third-order valence-electron chi connectivity index (χ3n) is 4.70. The summed E-state index contributed by atoms with van der Waals surface area (Å²) in [7, 11) is -3.30. The van der Waals surface area contributed by atoms with Gasteiger partial charge in [0, 0.05) is 53.3 Å². The van der Waals surface area contributed by atoms with E-state index < -0.39 is 32.3 Å². The smallest absolute Gasteiger partial charge is 0.296 e. The molecule has 0 saturated carbocycles. The van der Waals surface area contributed by atoms with E-state index in [1.54, 1.807) is 19.1 Å². The van der Waals surface area contributed by atoms with Crippen LogP contribution in [0, 0.1) is 13.3 Å². The molecule has 0 unspecified atom stereocenters. The molecule has 1 aromatic heterocycles. The number of nitrogens with one attached hydrogen (secondary N) is 1. The monoisotopic (exact) mass is 486 g/mol. The van der Waals surface area contributed by atoms with E-state index in [4.69, 9.17) is 5.73 Å². The van der Waals surface area contributed by atoms with Gasteiger partial charge in [-0.15, -0.1) is 0 Å². The average Bonchev–Trinajstić information content (AvgIpc) is 2.72. The van der Waals surface area contributed by atoms with E-state index in [1.165, 1.54) is 19.5 Å². The van der Waals surface area contributed by atoms with Crippen LogP contribution < -0.4 is 11.0 Å². The van der Waals surface area contributed by atoms with Crippen LogP contribution in [-0.4, -0.2) is 46.9 Å². The average molecular weight is 486 g/mol. The van der Waals surface area contributed by atoms with Gasteiger partial charge in [0.15, 0.2) is 11.6 Å². The van der Waals surface area contributed by atoms with Crippen molar-refractivity contribution in [3.05, 3.63) is 70.6 Å². The van der Waals surface area contributed by atoms with Gasteiger partial charge < -0.3 is 25.9 Å². The van der Waals surface area contributed by atoms with E-state index in [-0.39, 0.29) is 52.8 Å². The number of fused-ring (bicyclic) bond motifs is 2. The zero-order valence-corrected chi connectivity index (χ0v) is 18.7. The Kier molecular flexibility index (Phi) is 6.51. The SMILES string of the molecule is Cc1n[c-]nc(C[B]Nc2cc(S(=O)(=O)O)c(N)c3c2C(=O)c2ccccc2C3=O)n1.[V]. The fourth-order valence-corrected chi connectivity index (χ4v) is 4.00. The number of aromatic nitrogens is 3. The first-order chi connectivity index (χ1) is 14.7. The van der Waals surface area contributed by atoms with Gasteiger partial charge in [0.1, 0.15) is 4.90 Å². The van der Waals surface area contributed by atoms with Gasteiger partial charge in [-0.1, -0.05) is 31.2 Å². The van der Waals surface area contributed by atoms with Crippen molar-refractivity contribution in [2.24, 2.45) is 0 Å². The minimum absolute atomic E-state index is 0.